The van der Waals surface area contributed by atoms with Gasteiger partial charge < -0.3 is 19.4 Å². The smallest absolute Gasteiger partial charge is 0.257 e. The standard InChI is InChI=1S/C29H39FN6O4/c1-19(2)32-27(37)21-5-9-23(10-6-21)36-25-17-26(40-16-13-35-11-14-39-15-12-35)31-18-24(25)33-29(36)34-28(38)20-3-7-22(30)8-4-20/h3-4,7-8,18-19,21,23,26H,5-6,9-17H2,1-2H3,(H,32,37)(H,33,34,38). The van der Waals surface area contributed by atoms with Crippen molar-refractivity contribution in [3.63, 3.8) is 0 Å². The van der Waals surface area contributed by atoms with Gasteiger partial charge >= 0.3 is 0 Å². The normalized spacial score (nSPS) is 23.1. The Labute approximate surface area is 234 Å². The Morgan fingerprint density at radius 1 is 1.12 bits per heavy atom. The van der Waals surface area contributed by atoms with Crippen molar-refractivity contribution in [2.75, 3.05) is 44.8 Å². The van der Waals surface area contributed by atoms with Gasteiger partial charge in [-0.2, -0.15) is 0 Å². The minimum Gasteiger partial charge on any atom is -0.379 e. The van der Waals surface area contributed by atoms with Crippen molar-refractivity contribution >= 4 is 24.0 Å². The lowest BCUT2D eigenvalue weighted by Gasteiger charge is -2.32. The van der Waals surface area contributed by atoms with Gasteiger partial charge in [0, 0.05) is 49.6 Å². The molecule has 1 unspecified atom stereocenters. The van der Waals surface area contributed by atoms with Crippen molar-refractivity contribution in [2.24, 2.45) is 10.9 Å². The molecule has 1 saturated carbocycles. The van der Waals surface area contributed by atoms with Gasteiger partial charge in [0.2, 0.25) is 11.9 Å². The van der Waals surface area contributed by atoms with E-state index in [1.165, 1.54) is 24.3 Å². The van der Waals surface area contributed by atoms with E-state index >= 15 is 0 Å². The molecule has 0 radical (unpaired) electrons. The number of hydrogen-bond acceptors (Lipinski definition) is 7. The molecule has 2 aromatic rings. The lowest BCUT2D eigenvalue weighted by molar-refractivity contribution is -0.126. The van der Waals surface area contributed by atoms with E-state index in [0.717, 1.165) is 64.2 Å². The maximum absolute atomic E-state index is 13.4. The van der Waals surface area contributed by atoms with Crippen LogP contribution in [0.3, 0.4) is 0 Å². The number of aromatic nitrogens is 2. The molecule has 3 heterocycles. The topological polar surface area (TPSA) is 110 Å². The summed E-state index contributed by atoms with van der Waals surface area (Å²) in [5, 5.41) is 5.99. The fourth-order valence-corrected chi connectivity index (χ4v) is 5.66. The van der Waals surface area contributed by atoms with Crippen molar-refractivity contribution < 1.29 is 23.5 Å². The van der Waals surface area contributed by atoms with Crippen molar-refractivity contribution in [1.29, 1.82) is 0 Å². The zero-order chi connectivity index (χ0) is 28.1. The van der Waals surface area contributed by atoms with Crippen molar-refractivity contribution in [3.8, 4) is 0 Å². The minimum atomic E-state index is -0.400. The summed E-state index contributed by atoms with van der Waals surface area (Å²) in [7, 11) is 0. The summed E-state index contributed by atoms with van der Waals surface area (Å²) in [6.07, 6.45) is 5.03. The van der Waals surface area contributed by atoms with E-state index in [9.17, 15) is 14.0 Å². The molecular formula is C29H39FN6O4. The van der Waals surface area contributed by atoms with E-state index in [0.29, 0.717) is 30.2 Å². The first kappa shape index (κ1) is 28.4. The largest absolute Gasteiger partial charge is 0.379 e. The van der Waals surface area contributed by atoms with Crippen LogP contribution >= 0.6 is 0 Å². The molecule has 0 bridgehead atoms. The van der Waals surface area contributed by atoms with E-state index in [2.05, 4.69) is 25.1 Å². The van der Waals surface area contributed by atoms with E-state index in [1.807, 2.05) is 13.8 Å². The molecule has 2 N–H and O–H groups in total. The molecule has 11 heteroatoms. The Morgan fingerprint density at radius 3 is 2.55 bits per heavy atom. The van der Waals surface area contributed by atoms with E-state index in [-0.39, 0.29) is 36.0 Å². The number of ether oxygens (including phenoxy) is 2. The number of nitrogens with zero attached hydrogens (tertiary/aromatic N) is 4. The first-order valence-corrected chi connectivity index (χ1v) is 14.3. The Kier molecular flexibility index (Phi) is 9.23. The lowest BCUT2D eigenvalue weighted by atomic mass is 9.85. The van der Waals surface area contributed by atoms with Gasteiger partial charge in [0.1, 0.15) is 11.5 Å². The third kappa shape index (κ3) is 6.94. The molecular weight excluding hydrogens is 515 g/mol. The fourth-order valence-electron chi connectivity index (χ4n) is 5.66. The maximum atomic E-state index is 13.4. The van der Waals surface area contributed by atoms with E-state index < -0.39 is 5.82 Å². The average Bonchev–Trinajstić information content (AvgIpc) is 3.30. The van der Waals surface area contributed by atoms with Gasteiger partial charge in [-0.25, -0.2) is 9.37 Å². The molecule has 0 spiro atoms. The number of morpholine rings is 1. The molecule has 1 saturated heterocycles. The average molecular weight is 555 g/mol. The Balaban J connectivity index is 1.31. The molecule has 1 atom stereocenters. The van der Waals surface area contributed by atoms with Crippen molar-refractivity contribution in [3.05, 3.63) is 47.0 Å². The second-order valence-electron chi connectivity index (χ2n) is 11.0. The first-order chi connectivity index (χ1) is 19.4. The number of benzene rings is 1. The van der Waals surface area contributed by atoms with Crippen LogP contribution in [0.25, 0.3) is 0 Å². The highest BCUT2D eigenvalue weighted by Crippen LogP contribution is 2.37. The molecule has 2 fully saturated rings. The van der Waals surface area contributed by atoms with Gasteiger partial charge in [0.15, 0.2) is 6.23 Å². The number of hydrogen-bond donors (Lipinski definition) is 2. The first-order valence-electron chi connectivity index (χ1n) is 14.3. The third-order valence-electron chi connectivity index (χ3n) is 7.79. The van der Waals surface area contributed by atoms with Crippen LogP contribution < -0.4 is 10.6 Å². The number of carbonyl (C=O) groups excluding carboxylic acids is 2. The van der Waals surface area contributed by atoms with E-state index in [1.54, 1.807) is 6.21 Å². The SMILES string of the molecule is CC(C)NC(=O)C1CCC(n2c(NC(=O)c3ccc(F)cc3)nc3c2CC(OCCN2CCOCC2)N=C3)CC1. The monoisotopic (exact) mass is 554 g/mol. The second kappa shape index (κ2) is 13.0. The van der Waals surface area contributed by atoms with Gasteiger partial charge in [0.05, 0.1) is 31.7 Å². The minimum absolute atomic E-state index is 0.0203. The molecule has 2 aliphatic heterocycles. The fraction of sp³-hybridized carbons (Fsp3) is 0.586. The van der Waals surface area contributed by atoms with Gasteiger partial charge in [-0.1, -0.05) is 0 Å². The number of aliphatic imine (C=N–C) groups is 1. The molecule has 2 amide bonds. The summed E-state index contributed by atoms with van der Waals surface area (Å²) < 4.78 is 27.1. The highest BCUT2D eigenvalue weighted by atomic mass is 19.1. The zero-order valence-electron chi connectivity index (χ0n) is 23.3. The van der Waals surface area contributed by atoms with Gasteiger partial charge in [-0.05, 0) is 63.8 Å². The summed E-state index contributed by atoms with van der Waals surface area (Å²) in [5.74, 6) is -0.235. The van der Waals surface area contributed by atoms with Crippen LogP contribution in [-0.2, 0) is 20.7 Å². The molecule has 3 aliphatic rings. The van der Waals surface area contributed by atoms with Crippen LogP contribution in [0.2, 0.25) is 0 Å². The summed E-state index contributed by atoms with van der Waals surface area (Å²) in [6.45, 7) is 8.64. The van der Waals surface area contributed by atoms with Gasteiger partial charge in [0.25, 0.3) is 5.91 Å². The Morgan fingerprint density at radius 2 is 1.85 bits per heavy atom. The molecule has 5 rings (SSSR count). The Hall–Kier alpha value is -3.15. The van der Waals surface area contributed by atoms with Crippen LogP contribution in [0, 0.1) is 11.7 Å². The molecule has 1 aromatic heterocycles. The van der Waals surface area contributed by atoms with E-state index in [4.69, 9.17) is 14.5 Å². The number of imidazole rings is 1. The number of carbonyl (C=O) groups is 2. The summed E-state index contributed by atoms with van der Waals surface area (Å²) >= 11 is 0. The molecule has 1 aliphatic carbocycles. The van der Waals surface area contributed by atoms with Crippen LogP contribution in [0.5, 0.6) is 0 Å². The lowest BCUT2D eigenvalue weighted by Crippen LogP contribution is -2.39. The van der Waals surface area contributed by atoms with Crippen molar-refractivity contribution in [1.82, 2.24) is 19.8 Å². The number of nitrogens with one attached hydrogen (secondary N) is 2. The molecule has 216 valence electrons. The second-order valence-corrected chi connectivity index (χ2v) is 11.0. The predicted octanol–water partition coefficient (Wildman–Crippen LogP) is 3.18. The van der Waals surface area contributed by atoms with Crippen molar-refractivity contribution in [2.45, 2.75) is 64.3 Å². The summed E-state index contributed by atoms with van der Waals surface area (Å²) in [6, 6.07) is 5.62. The molecule has 40 heavy (non-hydrogen) atoms. The van der Waals surface area contributed by atoms with Crippen LogP contribution in [0.1, 0.15) is 67.3 Å². The molecule has 10 nitrogen and oxygen atoms in total. The number of anilines is 1. The number of rotatable bonds is 9. The predicted molar refractivity (Wildman–Crippen MR) is 149 cm³/mol. The van der Waals surface area contributed by atoms with Gasteiger partial charge in [-0.15, -0.1) is 0 Å². The molecule has 1 aromatic carbocycles. The third-order valence-corrected chi connectivity index (χ3v) is 7.79. The number of fused-ring (bicyclic) bond motifs is 1. The zero-order valence-corrected chi connectivity index (χ0v) is 23.3. The van der Waals surface area contributed by atoms with Crippen LogP contribution in [-0.4, -0.2) is 84.2 Å². The highest BCUT2D eigenvalue weighted by molar-refractivity contribution is 6.03. The highest BCUT2D eigenvalue weighted by Gasteiger charge is 2.33. The summed E-state index contributed by atoms with van der Waals surface area (Å²) in [4.78, 5) is 37.3. The number of amides is 2. The Bertz CT molecular complexity index is 1200. The quantitative estimate of drug-likeness (QED) is 0.493. The van der Waals surface area contributed by atoms with Crippen LogP contribution in [0.4, 0.5) is 10.3 Å². The van der Waals surface area contributed by atoms with Crippen LogP contribution in [0.15, 0.2) is 29.3 Å². The van der Waals surface area contributed by atoms with Gasteiger partial charge in [-0.3, -0.25) is 24.8 Å². The number of halogens is 1. The maximum Gasteiger partial charge on any atom is 0.257 e. The summed E-state index contributed by atoms with van der Waals surface area (Å²) in [5.41, 5.74) is 2.03.